The zero-order valence-corrected chi connectivity index (χ0v) is 15.4. The van der Waals surface area contributed by atoms with E-state index in [0.717, 1.165) is 11.8 Å². The van der Waals surface area contributed by atoms with Crippen molar-refractivity contribution in [2.24, 2.45) is 24.8 Å². The van der Waals surface area contributed by atoms with Gasteiger partial charge in [0.15, 0.2) is 4.77 Å². The zero-order valence-electron chi connectivity index (χ0n) is 14.5. The van der Waals surface area contributed by atoms with Crippen LogP contribution >= 0.6 is 12.2 Å². The predicted octanol–water partition coefficient (Wildman–Crippen LogP) is 3.15. The molecule has 1 amide bonds. The predicted molar refractivity (Wildman–Crippen MR) is 100 cm³/mol. The van der Waals surface area contributed by atoms with Gasteiger partial charge in [0.25, 0.3) is 11.5 Å². The standard InChI is InChI=1S/C19H23N3O2S/c1-10(15-8-11-3-4-12(15)7-11)20-17(23)13-5-6-14-16(9-13)21-19(25)22(2)18(14)24/h5-6,9-12,15H,3-4,7-8H2,1-2H3,(H,20,23)(H,21,25)/t10-,11+,12+,15+/m1/s1. The van der Waals surface area contributed by atoms with Crippen LogP contribution in [-0.4, -0.2) is 21.5 Å². The molecule has 2 bridgehead atoms. The molecule has 1 heterocycles. The van der Waals surface area contributed by atoms with Crippen LogP contribution in [0.4, 0.5) is 0 Å². The normalized spacial score (nSPS) is 26.1. The third-order valence-electron chi connectivity index (χ3n) is 6.16. The number of carbonyl (C=O) groups is 1. The van der Waals surface area contributed by atoms with Gasteiger partial charge in [-0.15, -0.1) is 0 Å². The second-order valence-corrected chi connectivity index (χ2v) is 8.04. The number of aromatic nitrogens is 2. The van der Waals surface area contributed by atoms with Crippen LogP contribution in [0, 0.1) is 22.5 Å². The Morgan fingerprint density at radius 3 is 2.84 bits per heavy atom. The quantitative estimate of drug-likeness (QED) is 0.829. The van der Waals surface area contributed by atoms with Crippen molar-refractivity contribution in [2.75, 3.05) is 0 Å². The molecule has 2 aliphatic carbocycles. The van der Waals surface area contributed by atoms with Crippen molar-refractivity contribution in [1.82, 2.24) is 14.9 Å². The Morgan fingerprint density at radius 2 is 2.16 bits per heavy atom. The molecule has 2 saturated carbocycles. The minimum atomic E-state index is -0.152. The molecule has 2 aromatic rings. The van der Waals surface area contributed by atoms with Gasteiger partial charge in [-0.3, -0.25) is 14.2 Å². The fourth-order valence-electron chi connectivity index (χ4n) is 4.75. The molecule has 2 N–H and O–H groups in total. The van der Waals surface area contributed by atoms with Crippen molar-refractivity contribution in [3.8, 4) is 0 Å². The zero-order chi connectivity index (χ0) is 17.7. The van der Waals surface area contributed by atoms with E-state index in [0.29, 0.717) is 27.2 Å². The second kappa shape index (κ2) is 6.09. The second-order valence-electron chi connectivity index (χ2n) is 7.66. The number of benzene rings is 1. The molecule has 2 aliphatic rings. The molecule has 2 fully saturated rings. The Morgan fingerprint density at radius 1 is 1.36 bits per heavy atom. The van der Waals surface area contributed by atoms with E-state index in [9.17, 15) is 9.59 Å². The molecule has 25 heavy (non-hydrogen) atoms. The number of carbonyl (C=O) groups excluding carboxylic acids is 1. The first kappa shape index (κ1) is 16.5. The number of H-pyrrole nitrogens is 1. The van der Waals surface area contributed by atoms with Crippen LogP contribution in [0.25, 0.3) is 10.9 Å². The molecule has 132 valence electrons. The summed E-state index contributed by atoms with van der Waals surface area (Å²) in [4.78, 5) is 27.9. The van der Waals surface area contributed by atoms with E-state index in [1.807, 2.05) is 0 Å². The van der Waals surface area contributed by atoms with Gasteiger partial charge >= 0.3 is 0 Å². The number of aromatic amines is 1. The minimum Gasteiger partial charge on any atom is -0.349 e. The molecule has 0 aliphatic heterocycles. The van der Waals surface area contributed by atoms with Crippen LogP contribution in [0.3, 0.4) is 0 Å². The monoisotopic (exact) mass is 357 g/mol. The highest BCUT2D eigenvalue weighted by Crippen LogP contribution is 2.49. The molecule has 5 nitrogen and oxygen atoms in total. The molecule has 0 spiro atoms. The van der Waals surface area contributed by atoms with E-state index < -0.39 is 0 Å². The van der Waals surface area contributed by atoms with Crippen molar-refractivity contribution in [3.05, 3.63) is 38.9 Å². The first-order chi connectivity index (χ1) is 11.9. The van der Waals surface area contributed by atoms with Gasteiger partial charge in [0.05, 0.1) is 10.9 Å². The van der Waals surface area contributed by atoms with E-state index in [1.165, 1.54) is 30.3 Å². The van der Waals surface area contributed by atoms with Crippen molar-refractivity contribution in [2.45, 2.75) is 38.6 Å². The maximum Gasteiger partial charge on any atom is 0.261 e. The summed E-state index contributed by atoms with van der Waals surface area (Å²) in [7, 11) is 1.64. The molecule has 0 radical (unpaired) electrons. The molecule has 4 rings (SSSR count). The van der Waals surface area contributed by atoms with E-state index in [4.69, 9.17) is 12.2 Å². The SMILES string of the molecule is C[C@@H](NC(=O)c1ccc2c(=O)n(C)c(=S)[nH]c2c1)[C@@H]1C[C@H]2CC[C@H]1C2. The average molecular weight is 357 g/mol. The van der Waals surface area contributed by atoms with Crippen molar-refractivity contribution in [3.63, 3.8) is 0 Å². The Labute approximate surface area is 151 Å². The van der Waals surface area contributed by atoms with Gasteiger partial charge in [-0.1, -0.05) is 6.42 Å². The van der Waals surface area contributed by atoms with E-state index in [2.05, 4.69) is 17.2 Å². The van der Waals surface area contributed by atoms with Gasteiger partial charge in [0.2, 0.25) is 0 Å². The summed E-state index contributed by atoms with van der Waals surface area (Å²) < 4.78 is 1.75. The number of hydrogen-bond donors (Lipinski definition) is 2. The Hall–Kier alpha value is -1.95. The molecule has 1 aromatic heterocycles. The molecule has 4 atom stereocenters. The Balaban J connectivity index is 1.57. The number of fused-ring (bicyclic) bond motifs is 3. The number of hydrogen-bond acceptors (Lipinski definition) is 3. The number of amides is 1. The Bertz CT molecular complexity index is 961. The lowest BCUT2D eigenvalue weighted by atomic mass is 9.84. The van der Waals surface area contributed by atoms with Crippen LogP contribution in [0.2, 0.25) is 0 Å². The van der Waals surface area contributed by atoms with E-state index >= 15 is 0 Å². The van der Waals surface area contributed by atoms with Gasteiger partial charge < -0.3 is 10.3 Å². The maximum atomic E-state index is 12.7. The average Bonchev–Trinajstić information content (AvgIpc) is 3.22. The van der Waals surface area contributed by atoms with E-state index in [1.54, 1.807) is 25.2 Å². The minimum absolute atomic E-state index is 0.0860. The summed E-state index contributed by atoms with van der Waals surface area (Å²) in [5.41, 5.74) is 1.01. The highest BCUT2D eigenvalue weighted by Gasteiger charge is 2.42. The smallest absolute Gasteiger partial charge is 0.261 e. The highest BCUT2D eigenvalue weighted by atomic mass is 32.1. The van der Waals surface area contributed by atoms with Crippen LogP contribution in [0.15, 0.2) is 23.0 Å². The molecule has 0 saturated heterocycles. The van der Waals surface area contributed by atoms with Crippen LogP contribution in [0.1, 0.15) is 43.0 Å². The summed E-state index contributed by atoms with van der Waals surface area (Å²) in [5.74, 6) is 2.15. The van der Waals surface area contributed by atoms with Crippen molar-refractivity contribution >= 4 is 29.0 Å². The third-order valence-corrected chi connectivity index (χ3v) is 6.53. The van der Waals surface area contributed by atoms with Crippen LogP contribution in [-0.2, 0) is 7.05 Å². The largest absolute Gasteiger partial charge is 0.349 e. The number of rotatable bonds is 3. The first-order valence-corrected chi connectivity index (χ1v) is 9.39. The van der Waals surface area contributed by atoms with E-state index in [-0.39, 0.29) is 17.5 Å². The van der Waals surface area contributed by atoms with Gasteiger partial charge in [0.1, 0.15) is 0 Å². The number of nitrogens with zero attached hydrogens (tertiary/aromatic N) is 1. The highest BCUT2D eigenvalue weighted by molar-refractivity contribution is 7.71. The lowest BCUT2D eigenvalue weighted by Gasteiger charge is -2.28. The summed E-state index contributed by atoms with van der Waals surface area (Å²) in [6.45, 7) is 2.12. The molecule has 0 unspecified atom stereocenters. The number of nitrogens with one attached hydrogen (secondary N) is 2. The third kappa shape index (κ3) is 2.82. The molecular weight excluding hydrogens is 334 g/mol. The maximum absolute atomic E-state index is 12.7. The van der Waals surface area contributed by atoms with Gasteiger partial charge in [-0.25, -0.2) is 0 Å². The van der Waals surface area contributed by atoms with Gasteiger partial charge in [0, 0.05) is 18.7 Å². The lowest BCUT2D eigenvalue weighted by Crippen LogP contribution is -2.40. The molecule has 6 heteroatoms. The van der Waals surface area contributed by atoms with Gasteiger partial charge in [-0.05, 0) is 74.4 Å². The fraction of sp³-hybridized carbons (Fsp3) is 0.526. The lowest BCUT2D eigenvalue weighted by molar-refractivity contribution is 0.0915. The summed E-state index contributed by atoms with van der Waals surface area (Å²) in [5, 5.41) is 3.70. The first-order valence-electron chi connectivity index (χ1n) is 8.98. The Kier molecular flexibility index (Phi) is 4.02. The van der Waals surface area contributed by atoms with Gasteiger partial charge in [-0.2, -0.15) is 0 Å². The summed E-state index contributed by atoms with van der Waals surface area (Å²) >= 11 is 5.16. The fourth-order valence-corrected chi connectivity index (χ4v) is 4.94. The topological polar surface area (TPSA) is 66.9 Å². The molecule has 1 aromatic carbocycles. The summed E-state index contributed by atoms with van der Waals surface area (Å²) in [6.07, 6.45) is 5.25. The van der Waals surface area contributed by atoms with Crippen molar-refractivity contribution in [1.29, 1.82) is 0 Å². The van der Waals surface area contributed by atoms with Crippen LogP contribution < -0.4 is 10.9 Å². The van der Waals surface area contributed by atoms with Crippen LogP contribution in [0.5, 0.6) is 0 Å². The summed E-state index contributed by atoms with van der Waals surface area (Å²) in [6, 6.07) is 5.31. The molecular formula is C19H23N3O2S. The van der Waals surface area contributed by atoms with Crippen molar-refractivity contribution < 1.29 is 4.79 Å².